The summed E-state index contributed by atoms with van der Waals surface area (Å²) >= 11 is 0. The second-order valence-electron chi connectivity index (χ2n) is 12.5. The summed E-state index contributed by atoms with van der Waals surface area (Å²) in [6, 6.07) is 5.88. The van der Waals surface area contributed by atoms with Crippen LogP contribution in [0.2, 0.25) is 0 Å². The van der Waals surface area contributed by atoms with E-state index in [-0.39, 0.29) is 11.3 Å². The zero-order valence-electron chi connectivity index (χ0n) is 25.6. The molecule has 43 heavy (non-hydrogen) atoms. The Morgan fingerprint density at radius 1 is 1.05 bits per heavy atom. The fourth-order valence-electron chi connectivity index (χ4n) is 5.53. The highest BCUT2D eigenvalue weighted by Gasteiger charge is 2.27. The van der Waals surface area contributed by atoms with Crippen LogP contribution in [0.25, 0.3) is 11.0 Å². The van der Waals surface area contributed by atoms with Gasteiger partial charge in [0.2, 0.25) is 5.95 Å². The molecule has 2 fully saturated rings. The van der Waals surface area contributed by atoms with Crippen LogP contribution in [-0.4, -0.2) is 68.8 Å². The van der Waals surface area contributed by atoms with Crippen molar-refractivity contribution in [3.63, 3.8) is 0 Å². The monoisotopic (exact) mass is 585 g/mol. The Morgan fingerprint density at radius 3 is 2.47 bits per heavy atom. The van der Waals surface area contributed by atoms with Gasteiger partial charge in [0.15, 0.2) is 11.6 Å². The molecule has 3 aromatic rings. The lowest BCUT2D eigenvalue weighted by Crippen LogP contribution is -2.47. The van der Waals surface area contributed by atoms with Crippen molar-refractivity contribution in [2.75, 3.05) is 42.1 Å². The average Bonchev–Trinajstić information content (AvgIpc) is 2.98. The van der Waals surface area contributed by atoms with Gasteiger partial charge in [-0.3, -0.25) is 10.2 Å². The molecule has 2 aliphatic rings. The first-order chi connectivity index (χ1) is 20.5. The number of fused-ring (bicyclic) bond motifs is 1. The van der Waals surface area contributed by atoms with E-state index >= 15 is 0 Å². The number of likely N-dealkylation sites (tertiary alicyclic amines) is 1. The highest BCUT2D eigenvalue weighted by molar-refractivity contribution is 6.09. The summed E-state index contributed by atoms with van der Waals surface area (Å²) < 4.78 is 0. The first-order valence-corrected chi connectivity index (χ1v) is 15.0. The average molecular weight is 586 g/mol. The Bertz CT molecular complexity index is 1530. The number of hydrogen-bond acceptors (Lipinski definition) is 11. The first kappa shape index (κ1) is 30.1. The van der Waals surface area contributed by atoms with Crippen molar-refractivity contribution in [2.24, 2.45) is 11.1 Å². The van der Waals surface area contributed by atoms with Gasteiger partial charge in [-0.1, -0.05) is 33.3 Å². The molecule has 228 valence electrons. The molecule has 1 amide bonds. The van der Waals surface area contributed by atoms with Gasteiger partial charge in [0, 0.05) is 41.5 Å². The van der Waals surface area contributed by atoms with Gasteiger partial charge >= 0.3 is 0 Å². The number of amides is 1. The second-order valence-corrected chi connectivity index (χ2v) is 12.5. The van der Waals surface area contributed by atoms with Gasteiger partial charge in [0.1, 0.15) is 23.2 Å². The molecule has 0 aliphatic carbocycles. The lowest BCUT2D eigenvalue weighted by molar-refractivity contribution is 0.0977. The molecule has 0 bridgehead atoms. The molecule has 0 spiro atoms. The standard InChI is InChI=1S/C31H43N11O/c1-19-8-9-20(29(43)38-24(33)17-23(32)31(2,3)4)16-22(19)37-28-26-25(35-18-36-28)27(34)40-30(39-26)42-14-10-21(11-15-42)41-12-6-5-7-13-41/h8-9,16-18,21H,5-7,10-15,32H2,1-4H3,(H2,33,38,43)(H2,34,39,40)(H,35,36,37). The number of nitrogens with one attached hydrogen (secondary N) is 3. The van der Waals surface area contributed by atoms with E-state index in [9.17, 15) is 4.79 Å². The molecule has 0 unspecified atom stereocenters. The fraction of sp³-hybridized carbons (Fsp3) is 0.484. The molecule has 1 aromatic carbocycles. The highest BCUT2D eigenvalue weighted by atomic mass is 16.1. The molecule has 0 atom stereocenters. The number of nitrogens with zero attached hydrogens (tertiary/aromatic N) is 6. The van der Waals surface area contributed by atoms with Crippen LogP contribution in [0.4, 0.5) is 23.3 Å². The zero-order chi connectivity index (χ0) is 30.7. The number of carbonyl (C=O) groups is 1. The molecule has 12 nitrogen and oxygen atoms in total. The molecule has 0 saturated carbocycles. The Hall–Kier alpha value is -4.32. The molecule has 12 heteroatoms. The van der Waals surface area contributed by atoms with Crippen molar-refractivity contribution < 1.29 is 4.79 Å². The van der Waals surface area contributed by atoms with Gasteiger partial charge in [-0.25, -0.2) is 15.0 Å². The van der Waals surface area contributed by atoms with Crippen LogP contribution in [0.3, 0.4) is 0 Å². The van der Waals surface area contributed by atoms with E-state index in [1.54, 1.807) is 12.1 Å². The third-order valence-electron chi connectivity index (χ3n) is 8.32. The van der Waals surface area contributed by atoms with Crippen LogP contribution in [0.1, 0.15) is 68.8 Å². The maximum Gasteiger partial charge on any atom is 0.256 e. The summed E-state index contributed by atoms with van der Waals surface area (Å²) in [5, 5.41) is 14.1. The minimum atomic E-state index is -0.416. The molecule has 2 aliphatic heterocycles. The van der Waals surface area contributed by atoms with Crippen LogP contribution in [0.5, 0.6) is 0 Å². The minimum absolute atomic E-state index is 0.0750. The SMILES string of the molecule is Cc1ccc(C(=O)NC(=N)C=C(N)C(C)(C)C)cc1Nc1ncnc2c(N)nc(N3CCC(N4CCCCC4)CC3)nc12. The molecule has 2 saturated heterocycles. The molecule has 0 radical (unpaired) electrons. The van der Waals surface area contributed by atoms with Gasteiger partial charge in [-0.05, 0) is 69.5 Å². The van der Waals surface area contributed by atoms with E-state index < -0.39 is 5.91 Å². The molecule has 5 rings (SSSR count). The number of rotatable bonds is 6. The van der Waals surface area contributed by atoms with E-state index in [0.717, 1.165) is 31.5 Å². The van der Waals surface area contributed by atoms with Crippen molar-refractivity contribution >= 4 is 46.0 Å². The maximum atomic E-state index is 13.0. The third-order valence-corrected chi connectivity index (χ3v) is 8.32. The third kappa shape index (κ3) is 7.02. The predicted molar refractivity (Wildman–Crippen MR) is 172 cm³/mol. The zero-order valence-corrected chi connectivity index (χ0v) is 25.6. The molecule has 2 aromatic heterocycles. The van der Waals surface area contributed by atoms with Crippen molar-refractivity contribution in [1.82, 2.24) is 30.2 Å². The summed E-state index contributed by atoms with van der Waals surface area (Å²) in [6.45, 7) is 11.9. The van der Waals surface area contributed by atoms with E-state index in [1.807, 2.05) is 33.8 Å². The lowest BCUT2D eigenvalue weighted by atomic mass is 9.92. The van der Waals surface area contributed by atoms with Crippen LogP contribution in [0, 0.1) is 17.7 Å². The Morgan fingerprint density at radius 2 is 1.77 bits per heavy atom. The molecule has 7 N–H and O–H groups in total. The first-order valence-electron chi connectivity index (χ1n) is 15.0. The Balaban J connectivity index is 1.35. The number of carbonyl (C=O) groups excluding carboxylic acids is 1. The smallest absolute Gasteiger partial charge is 0.256 e. The van der Waals surface area contributed by atoms with Crippen LogP contribution >= 0.6 is 0 Å². The van der Waals surface area contributed by atoms with E-state index in [2.05, 4.69) is 35.4 Å². The summed E-state index contributed by atoms with van der Waals surface area (Å²) in [5.74, 6) is 0.854. The number of aromatic nitrogens is 4. The minimum Gasteiger partial charge on any atom is -0.401 e. The number of piperidine rings is 2. The molecular weight excluding hydrogens is 542 g/mol. The number of nitrogens with two attached hydrogens (primary N) is 2. The number of benzene rings is 1. The normalized spacial score (nSPS) is 17.2. The van der Waals surface area contributed by atoms with Crippen molar-refractivity contribution in [1.29, 1.82) is 5.41 Å². The summed E-state index contributed by atoms with van der Waals surface area (Å²) in [4.78, 5) is 36.1. The summed E-state index contributed by atoms with van der Waals surface area (Å²) in [5.41, 5.74) is 15.6. The highest BCUT2D eigenvalue weighted by Crippen LogP contribution is 2.30. The number of aryl methyl sites for hydroxylation is 1. The quantitative estimate of drug-likeness (QED) is 0.209. The van der Waals surface area contributed by atoms with E-state index in [4.69, 9.17) is 21.9 Å². The van der Waals surface area contributed by atoms with E-state index in [0.29, 0.717) is 51.6 Å². The van der Waals surface area contributed by atoms with Crippen molar-refractivity contribution in [3.05, 3.63) is 47.4 Å². The number of allylic oxidation sites excluding steroid dienone is 1. The van der Waals surface area contributed by atoms with Gasteiger partial charge in [0.05, 0.1) is 0 Å². The maximum absolute atomic E-state index is 13.0. The van der Waals surface area contributed by atoms with Crippen LogP contribution in [0.15, 0.2) is 36.3 Å². The van der Waals surface area contributed by atoms with Crippen LogP contribution in [-0.2, 0) is 0 Å². The van der Waals surface area contributed by atoms with Crippen molar-refractivity contribution in [3.8, 4) is 0 Å². The van der Waals surface area contributed by atoms with Gasteiger partial charge in [0.25, 0.3) is 5.91 Å². The van der Waals surface area contributed by atoms with Crippen LogP contribution < -0.4 is 27.0 Å². The Labute approximate surface area is 252 Å². The topological polar surface area (TPSA) is 175 Å². The summed E-state index contributed by atoms with van der Waals surface area (Å²) in [7, 11) is 0. The van der Waals surface area contributed by atoms with Gasteiger partial charge < -0.3 is 31.9 Å². The fourth-order valence-corrected chi connectivity index (χ4v) is 5.53. The molecule has 4 heterocycles. The second kappa shape index (κ2) is 12.5. The lowest BCUT2D eigenvalue weighted by Gasteiger charge is -2.40. The number of anilines is 4. The Kier molecular flexibility index (Phi) is 8.77. The van der Waals surface area contributed by atoms with Gasteiger partial charge in [-0.15, -0.1) is 0 Å². The van der Waals surface area contributed by atoms with Crippen molar-refractivity contribution in [2.45, 2.75) is 65.8 Å². The number of amidine groups is 1. The molecular formula is C31H43N11O. The number of nitrogen functional groups attached to an aromatic ring is 1. The predicted octanol–water partition coefficient (Wildman–Crippen LogP) is 4.10. The summed E-state index contributed by atoms with van der Waals surface area (Å²) in [6.07, 6.45) is 8.96. The largest absolute Gasteiger partial charge is 0.401 e. The number of hydrogen-bond donors (Lipinski definition) is 5. The van der Waals surface area contributed by atoms with Gasteiger partial charge in [-0.2, -0.15) is 4.98 Å². The van der Waals surface area contributed by atoms with E-state index in [1.165, 1.54) is 44.8 Å².